The van der Waals surface area contributed by atoms with Gasteiger partial charge in [0.1, 0.15) is 44.4 Å². The fourth-order valence-corrected chi connectivity index (χ4v) is 3.84. The summed E-state index contributed by atoms with van der Waals surface area (Å²) in [6, 6.07) is 11.4. The first kappa shape index (κ1) is 20.4. The van der Waals surface area contributed by atoms with Gasteiger partial charge in [0.2, 0.25) is 0 Å². The van der Waals surface area contributed by atoms with Crippen LogP contribution >= 0.6 is 0 Å². The number of rotatable bonds is 6. The number of benzene rings is 2. The molecule has 0 saturated carbocycles. The molecule has 4 nitrogen and oxygen atoms in total. The third-order valence-corrected chi connectivity index (χ3v) is 5.58. The third-order valence-electron chi connectivity index (χ3n) is 5.58. The van der Waals surface area contributed by atoms with Crippen molar-refractivity contribution in [1.29, 1.82) is 0 Å². The molecule has 28 heavy (non-hydrogen) atoms. The molecule has 1 amide bonds. The van der Waals surface area contributed by atoms with Crippen LogP contribution in [0.2, 0.25) is 0 Å². The number of carbonyl (C=O) groups excluding carboxylic acids is 1. The van der Waals surface area contributed by atoms with Crippen LogP contribution in [-0.4, -0.2) is 38.6 Å². The average molecular weight is 389 g/mol. The van der Waals surface area contributed by atoms with E-state index < -0.39 is 17.7 Å². The van der Waals surface area contributed by atoms with E-state index in [4.69, 9.17) is 0 Å². The fraction of sp³-hybridized carbons (Fsp3) is 0.409. The summed E-state index contributed by atoms with van der Waals surface area (Å²) in [6.07, 6.45) is 0. The smallest absolute Gasteiger partial charge is 0.275 e. The standard InChI is InChI=1S/C22H27F2N3O/c1-16-5-3-4-6-18(16)14-26-9-11-27(12-10-26)15-22(28)25-17(2)20-8-7-19(23)13-21(20)24/h3-8,13,17H,9-12,14-15H2,1-2H3,(H,25,28)/p+2/t17-/m1/s1. The first-order chi connectivity index (χ1) is 13.4. The van der Waals surface area contributed by atoms with Gasteiger partial charge in [0, 0.05) is 17.2 Å². The Labute approximate surface area is 165 Å². The van der Waals surface area contributed by atoms with Crippen molar-refractivity contribution < 1.29 is 23.4 Å². The zero-order valence-electron chi connectivity index (χ0n) is 16.5. The van der Waals surface area contributed by atoms with Gasteiger partial charge in [-0.25, -0.2) is 8.78 Å². The molecule has 1 aliphatic heterocycles. The van der Waals surface area contributed by atoms with Crippen molar-refractivity contribution in [3.63, 3.8) is 0 Å². The second-order valence-corrected chi connectivity index (χ2v) is 7.74. The van der Waals surface area contributed by atoms with E-state index in [9.17, 15) is 13.6 Å². The molecule has 2 aromatic rings. The summed E-state index contributed by atoms with van der Waals surface area (Å²) in [7, 11) is 0. The quantitative estimate of drug-likeness (QED) is 0.659. The Morgan fingerprint density at radius 2 is 1.75 bits per heavy atom. The van der Waals surface area contributed by atoms with Crippen LogP contribution < -0.4 is 15.1 Å². The maximum absolute atomic E-state index is 13.9. The Bertz CT molecular complexity index is 819. The van der Waals surface area contributed by atoms with Crippen LogP contribution in [0, 0.1) is 18.6 Å². The second kappa shape index (κ2) is 9.26. The lowest BCUT2D eigenvalue weighted by Crippen LogP contribution is -3.28. The van der Waals surface area contributed by atoms with Gasteiger partial charge in [0.05, 0.1) is 6.04 Å². The van der Waals surface area contributed by atoms with Crippen LogP contribution in [0.1, 0.15) is 29.7 Å². The number of carbonyl (C=O) groups is 1. The molecule has 0 aliphatic carbocycles. The Hall–Kier alpha value is -2.31. The third kappa shape index (κ3) is 5.36. The summed E-state index contributed by atoms with van der Waals surface area (Å²) in [6.45, 7) is 9.19. The summed E-state index contributed by atoms with van der Waals surface area (Å²) in [5, 5.41) is 2.83. The van der Waals surface area contributed by atoms with Gasteiger partial charge in [0.25, 0.3) is 5.91 Å². The van der Waals surface area contributed by atoms with Crippen LogP contribution in [0.25, 0.3) is 0 Å². The first-order valence-corrected chi connectivity index (χ1v) is 9.88. The molecule has 2 aromatic carbocycles. The van der Waals surface area contributed by atoms with Crippen LogP contribution in [0.3, 0.4) is 0 Å². The largest absolute Gasteiger partial charge is 0.345 e. The van der Waals surface area contributed by atoms with E-state index in [2.05, 4.69) is 36.5 Å². The van der Waals surface area contributed by atoms with Crippen LogP contribution in [0.4, 0.5) is 8.78 Å². The molecular formula is C22H29F2N3O+2. The molecule has 1 heterocycles. The Morgan fingerprint density at radius 3 is 2.43 bits per heavy atom. The minimum atomic E-state index is -0.631. The molecule has 0 bridgehead atoms. The molecule has 1 aliphatic rings. The van der Waals surface area contributed by atoms with E-state index in [0.717, 1.165) is 38.8 Å². The van der Waals surface area contributed by atoms with Gasteiger partial charge >= 0.3 is 0 Å². The molecule has 1 atom stereocenters. The van der Waals surface area contributed by atoms with Gasteiger partial charge in [-0.2, -0.15) is 0 Å². The number of nitrogens with one attached hydrogen (secondary N) is 3. The van der Waals surface area contributed by atoms with Crippen molar-refractivity contribution in [2.75, 3.05) is 32.7 Å². The van der Waals surface area contributed by atoms with E-state index >= 15 is 0 Å². The van der Waals surface area contributed by atoms with Gasteiger partial charge in [-0.15, -0.1) is 0 Å². The van der Waals surface area contributed by atoms with Crippen molar-refractivity contribution in [3.05, 3.63) is 70.8 Å². The highest BCUT2D eigenvalue weighted by Crippen LogP contribution is 2.17. The second-order valence-electron chi connectivity index (χ2n) is 7.74. The van der Waals surface area contributed by atoms with Gasteiger partial charge in [-0.05, 0) is 25.5 Å². The molecule has 0 unspecified atom stereocenters. The Morgan fingerprint density at radius 1 is 1.07 bits per heavy atom. The first-order valence-electron chi connectivity index (χ1n) is 9.88. The predicted molar refractivity (Wildman–Crippen MR) is 104 cm³/mol. The van der Waals surface area contributed by atoms with Crippen molar-refractivity contribution in [2.45, 2.75) is 26.4 Å². The average Bonchev–Trinajstić information content (AvgIpc) is 2.65. The number of amides is 1. The van der Waals surface area contributed by atoms with Gasteiger partial charge in [-0.1, -0.05) is 30.3 Å². The molecule has 3 rings (SSSR count). The van der Waals surface area contributed by atoms with E-state index in [0.29, 0.717) is 12.1 Å². The topological polar surface area (TPSA) is 38.0 Å². The molecule has 0 spiro atoms. The lowest BCUT2D eigenvalue weighted by Gasteiger charge is -2.30. The van der Waals surface area contributed by atoms with E-state index in [1.807, 2.05) is 0 Å². The monoisotopic (exact) mass is 389 g/mol. The summed E-state index contributed by atoms with van der Waals surface area (Å²) < 4.78 is 26.9. The van der Waals surface area contributed by atoms with Crippen LogP contribution in [-0.2, 0) is 11.3 Å². The summed E-state index contributed by atoms with van der Waals surface area (Å²) in [5.41, 5.74) is 3.01. The highest BCUT2D eigenvalue weighted by atomic mass is 19.1. The maximum Gasteiger partial charge on any atom is 0.275 e. The number of aryl methyl sites for hydroxylation is 1. The number of piperazine rings is 1. The van der Waals surface area contributed by atoms with Crippen molar-refractivity contribution in [2.24, 2.45) is 0 Å². The lowest BCUT2D eigenvalue weighted by molar-refractivity contribution is -1.02. The molecule has 1 fully saturated rings. The maximum atomic E-state index is 13.9. The fourth-order valence-electron chi connectivity index (χ4n) is 3.84. The Balaban J connectivity index is 1.45. The number of quaternary nitrogens is 2. The number of halogens is 2. The Kier molecular flexibility index (Phi) is 6.75. The molecule has 0 aromatic heterocycles. The van der Waals surface area contributed by atoms with E-state index in [1.165, 1.54) is 28.2 Å². The SMILES string of the molecule is Cc1ccccc1C[NH+]1CC[NH+](CC(=O)N[C@H](C)c2ccc(F)cc2F)CC1. The molecule has 0 radical (unpaired) electrons. The summed E-state index contributed by atoms with van der Waals surface area (Å²) >= 11 is 0. The number of hydrogen-bond donors (Lipinski definition) is 3. The lowest BCUT2D eigenvalue weighted by atomic mass is 10.1. The highest BCUT2D eigenvalue weighted by Gasteiger charge is 2.26. The zero-order chi connectivity index (χ0) is 20.1. The van der Waals surface area contributed by atoms with Crippen LogP contribution in [0.15, 0.2) is 42.5 Å². The zero-order valence-corrected chi connectivity index (χ0v) is 16.5. The molecule has 1 saturated heterocycles. The normalized spacial score (nSPS) is 20.6. The summed E-state index contributed by atoms with van der Waals surface area (Å²) in [4.78, 5) is 15.1. The highest BCUT2D eigenvalue weighted by molar-refractivity contribution is 5.77. The number of hydrogen-bond acceptors (Lipinski definition) is 1. The minimum absolute atomic E-state index is 0.103. The van der Waals surface area contributed by atoms with Gasteiger partial charge in [-0.3, -0.25) is 4.79 Å². The van der Waals surface area contributed by atoms with Gasteiger partial charge in [0.15, 0.2) is 6.54 Å². The summed E-state index contributed by atoms with van der Waals surface area (Å²) in [5.74, 6) is -1.35. The van der Waals surface area contributed by atoms with Crippen molar-refractivity contribution >= 4 is 5.91 Å². The predicted octanol–water partition coefficient (Wildman–Crippen LogP) is 0.434. The van der Waals surface area contributed by atoms with Crippen LogP contribution in [0.5, 0.6) is 0 Å². The van der Waals surface area contributed by atoms with Gasteiger partial charge < -0.3 is 15.1 Å². The van der Waals surface area contributed by atoms with Crippen molar-refractivity contribution in [1.82, 2.24) is 5.32 Å². The minimum Gasteiger partial charge on any atom is -0.345 e. The molecule has 6 heteroatoms. The molecule has 3 N–H and O–H groups in total. The van der Waals surface area contributed by atoms with E-state index in [1.54, 1.807) is 11.8 Å². The molecular weight excluding hydrogens is 360 g/mol. The molecule has 150 valence electrons. The van der Waals surface area contributed by atoms with Crippen molar-refractivity contribution in [3.8, 4) is 0 Å². The van der Waals surface area contributed by atoms with E-state index in [-0.39, 0.29) is 5.91 Å².